The van der Waals surface area contributed by atoms with E-state index in [9.17, 15) is 15.3 Å². The van der Waals surface area contributed by atoms with Crippen LogP contribution in [0.2, 0.25) is 0 Å². The van der Waals surface area contributed by atoms with E-state index in [0.29, 0.717) is 11.8 Å². The molecule has 0 saturated carbocycles. The summed E-state index contributed by atoms with van der Waals surface area (Å²) in [6.45, 7) is 6.02. The molecule has 4 N–H and O–H groups in total. The molecule has 0 aliphatic heterocycles. The van der Waals surface area contributed by atoms with Gasteiger partial charge in [0.1, 0.15) is 5.75 Å². The van der Waals surface area contributed by atoms with Crippen LogP contribution in [0.3, 0.4) is 0 Å². The van der Waals surface area contributed by atoms with E-state index in [2.05, 4.69) is 23.4 Å². The van der Waals surface area contributed by atoms with E-state index >= 15 is 0 Å². The largest absolute Gasteiger partial charge is 0.508 e. The van der Waals surface area contributed by atoms with E-state index in [-0.39, 0.29) is 11.5 Å². The molecule has 0 spiro atoms. The van der Waals surface area contributed by atoms with Crippen molar-refractivity contribution in [3.63, 3.8) is 0 Å². The molecule has 0 fully saturated rings. The van der Waals surface area contributed by atoms with Gasteiger partial charge in [0.25, 0.3) is 0 Å². The molecule has 5 heteroatoms. The molecule has 164 valence electrons. The Morgan fingerprint density at radius 2 is 1.83 bits per heavy atom. The molecule has 3 rings (SSSR count). The zero-order valence-electron chi connectivity index (χ0n) is 18.3. The maximum Gasteiger partial charge on any atom is 0.160 e. The highest BCUT2D eigenvalue weighted by Gasteiger charge is 2.26. The molecule has 0 saturated heterocycles. The number of aromatic hydroxyl groups is 3. The van der Waals surface area contributed by atoms with Crippen molar-refractivity contribution in [2.45, 2.75) is 71.3 Å². The summed E-state index contributed by atoms with van der Waals surface area (Å²) in [5, 5.41) is 32.1. The molecule has 1 aliphatic carbocycles. The number of hydrazine groups is 1. The number of hydrogen-bond donors (Lipinski definition) is 4. The first-order valence-corrected chi connectivity index (χ1v) is 11.3. The number of phenols is 3. The van der Waals surface area contributed by atoms with Crippen molar-refractivity contribution in [1.29, 1.82) is 0 Å². The molecule has 1 aliphatic rings. The summed E-state index contributed by atoms with van der Waals surface area (Å²) >= 11 is 0. The van der Waals surface area contributed by atoms with Gasteiger partial charge in [0, 0.05) is 24.7 Å². The molecular weight excluding hydrogens is 376 g/mol. The normalized spacial score (nSPS) is 16.0. The predicted octanol–water partition coefficient (Wildman–Crippen LogP) is 4.60. The van der Waals surface area contributed by atoms with Crippen LogP contribution >= 0.6 is 0 Å². The van der Waals surface area contributed by atoms with Gasteiger partial charge in [-0.2, -0.15) is 0 Å². The third-order valence-corrected chi connectivity index (χ3v) is 6.22. The van der Waals surface area contributed by atoms with Gasteiger partial charge in [0.15, 0.2) is 11.5 Å². The van der Waals surface area contributed by atoms with E-state index in [4.69, 9.17) is 0 Å². The number of unbranched alkanes of at least 4 members (excludes halogenated alkanes) is 3. The molecule has 0 radical (unpaired) electrons. The Morgan fingerprint density at radius 1 is 1.03 bits per heavy atom. The van der Waals surface area contributed by atoms with Crippen LogP contribution in [-0.4, -0.2) is 39.5 Å². The maximum absolute atomic E-state index is 10.2. The minimum Gasteiger partial charge on any atom is -0.508 e. The molecule has 2 aromatic rings. The minimum atomic E-state index is -0.0223. The van der Waals surface area contributed by atoms with Crippen molar-refractivity contribution >= 4 is 0 Å². The van der Waals surface area contributed by atoms with Gasteiger partial charge in [-0.15, -0.1) is 0 Å². The van der Waals surface area contributed by atoms with Gasteiger partial charge in [-0.05, 0) is 67.9 Å². The first-order valence-electron chi connectivity index (χ1n) is 11.3. The van der Waals surface area contributed by atoms with Crippen LogP contribution in [0.1, 0.15) is 61.3 Å². The molecule has 30 heavy (non-hydrogen) atoms. The van der Waals surface area contributed by atoms with Gasteiger partial charge in [-0.25, -0.2) is 5.01 Å². The highest BCUT2D eigenvalue weighted by Crippen LogP contribution is 2.36. The number of aryl methyl sites for hydroxylation is 1. The molecule has 0 bridgehead atoms. The van der Waals surface area contributed by atoms with Crippen molar-refractivity contribution in [3.8, 4) is 17.2 Å². The lowest BCUT2D eigenvalue weighted by atomic mass is 9.87. The second-order valence-electron chi connectivity index (χ2n) is 8.50. The van der Waals surface area contributed by atoms with Crippen molar-refractivity contribution in [3.05, 3.63) is 52.6 Å². The van der Waals surface area contributed by atoms with Crippen LogP contribution < -0.4 is 5.43 Å². The molecule has 1 unspecified atom stereocenters. The van der Waals surface area contributed by atoms with E-state index < -0.39 is 0 Å². The maximum atomic E-state index is 10.2. The number of rotatable bonds is 10. The van der Waals surface area contributed by atoms with Gasteiger partial charge < -0.3 is 15.3 Å². The van der Waals surface area contributed by atoms with Crippen molar-refractivity contribution in [1.82, 2.24) is 10.4 Å². The smallest absolute Gasteiger partial charge is 0.160 e. The molecule has 5 nitrogen and oxygen atoms in total. The number of phenolic OH excluding ortho intramolecular Hbond substituents is 3. The summed E-state index contributed by atoms with van der Waals surface area (Å²) in [5.74, 6) is 0.376. The quantitative estimate of drug-likeness (QED) is 0.261. The summed E-state index contributed by atoms with van der Waals surface area (Å²) in [7, 11) is 0. The molecule has 0 heterocycles. The van der Waals surface area contributed by atoms with Crippen LogP contribution in [0.15, 0.2) is 30.3 Å². The first-order chi connectivity index (χ1) is 14.5. The zero-order valence-corrected chi connectivity index (χ0v) is 18.3. The summed E-state index contributed by atoms with van der Waals surface area (Å²) in [6.07, 6.45) is 8.43. The summed E-state index contributed by atoms with van der Waals surface area (Å²) < 4.78 is 0. The van der Waals surface area contributed by atoms with Crippen LogP contribution in [0, 0.1) is 6.92 Å². The van der Waals surface area contributed by atoms with Gasteiger partial charge in [0.05, 0.1) is 0 Å². The number of nitrogens with one attached hydrogen (secondary N) is 1. The van der Waals surface area contributed by atoms with Gasteiger partial charge in [-0.3, -0.25) is 5.43 Å². The third-order valence-electron chi connectivity index (χ3n) is 6.22. The Morgan fingerprint density at radius 3 is 2.60 bits per heavy atom. The highest BCUT2D eigenvalue weighted by molar-refractivity contribution is 5.50. The fourth-order valence-corrected chi connectivity index (χ4v) is 4.39. The predicted molar refractivity (Wildman–Crippen MR) is 121 cm³/mol. The lowest BCUT2D eigenvalue weighted by Crippen LogP contribution is -2.49. The Labute approximate surface area is 180 Å². The van der Waals surface area contributed by atoms with E-state index in [1.807, 2.05) is 19.1 Å². The Kier molecular flexibility index (Phi) is 8.00. The van der Waals surface area contributed by atoms with Crippen molar-refractivity contribution in [2.24, 2.45) is 0 Å². The molecule has 1 atom stereocenters. The van der Waals surface area contributed by atoms with Gasteiger partial charge in [-0.1, -0.05) is 44.4 Å². The molecule has 0 aromatic heterocycles. The highest BCUT2D eigenvalue weighted by atomic mass is 16.3. The van der Waals surface area contributed by atoms with E-state index in [1.165, 1.54) is 31.2 Å². The fourth-order valence-electron chi connectivity index (χ4n) is 4.39. The van der Waals surface area contributed by atoms with Crippen molar-refractivity contribution in [2.75, 3.05) is 13.1 Å². The third kappa shape index (κ3) is 5.67. The van der Waals surface area contributed by atoms with Crippen LogP contribution in [0.5, 0.6) is 17.2 Å². The van der Waals surface area contributed by atoms with Crippen molar-refractivity contribution < 1.29 is 15.3 Å². The lowest BCUT2D eigenvalue weighted by Gasteiger charge is -2.36. The van der Waals surface area contributed by atoms with E-state index in [1.54, 1.807) is 12.1 Å². The lowest BCUT2D eigenvalue weighted by molar-refractivity contribution is 0.109. The monoisotopic (exact) mass is 412 g/mol. The van der Waals surface area contributed by atoms with Crippen LogP contribution in [0.25, 0.3) is 0 Å². The number of hydrogen-bond acceptors (Lipinski definition) is 5. The van der Waals surface area contributed by atoms with Crippen LogP contribution in [0.4, 0.5) is 0 Å². The SMILES string of the molecule is CCCCCCN(NCCc1ccc(O)c(C)c1)C1CCc2c(ccc(O)c2O)C1. The topological polar surface area (TPSA) is 76.0 Å². The second-order valence-corrected chi connectivity index (χ2v) is 8.50. The summed E-state index contributed by atoms with van der Waals surface area (Å²) in [5.41, 5.74) is 7.83. The second kappa shape index (κ2) is 10.7. The fraction of sp³-hybridized carbons (Fsp3) is 0.520. The first kappa shape index (κ1) is 22.4. The molecular formula is C25H36N2O3. The Hall–Kier alpha value is -2.24. The van der Waals surface area contributed by atoms with Gasteiger partial charge in [0.2, 0.25) is 0 Å². The average molecular weight is 413 g/mol. The zero-order chi connectivity index (χ0) is 21.5. The summed E-state index contributed by atoms with van der Waals surface area (Å²) in [4.78, 5) is 0. The minimum absolute atomic E-state index is 0.0223. The molecule has 2 aromatic carbocycles. The number of nitrogens with zero attached hydrogens (tertiary/aromatic N) is 1. The summed E-state index contributed by atoms with van der Waals surface area (Å²) in [6, 6.07) is 9.74. The average Bonchev–Trinajstić information content (AvgIpc) is 2.75. The number of fused-ring (bicyclic) bond motifs is 1. The Balaban J connectivity index is 1.62. The van der Waals surface area contributed by atoms with Crippen LogP contribution in [-0.2, 0) is 19.3 Å². The van der Waals surface area contributed by atoms with E-state index in [0.717, 1.165) is 55.5 Å². The Bertz CT molecular complexity index is 837. The van der Waals surface area contributed by atoms with Gasteiger partial charge >= 0.3 is 0 Å². The standard InChI is InChI=1S/C25H36N2O3/c1-3-4-5-6-15-27(26-14-13-19-7-11-23(28)18(2)16-19)21-9-10-22-20(17-21)8-12-24(29)25(22)30/h7-8,11-12,16,21,26,28-30H,3-6,9-10,13-15,17H2,1-2H3. The number of benzene rings is 2. The molecule has 0 amide bonds.